The minimum atomic E-state index is -4.86. The van der Waals surface area contributed by atoms with Crippen LogP contribution in [0.4, 0.5) is 29.3 Å². The molecule has 0 bridgehead atoms. The third kappa shape index (κ3) is 7.72. The molecule has 41 heavy (non-hydrogen) atoms. The Balaban J connectivity index is 1.33. The largest absolute Gasteiger partial charge is 0.454 e. The Morgan fingerprint density at radius 2 is 1.83 bits per heavy atom. The van der Waals surface area contributed by atoms with Crippen molar-refractivity contribution >= 4 is 29.3 Å². The average Bonchev–Trinajstić information content (AvgIpc) is 3.49. The number of nitrogens with two attached hydrogens (primary N) is 1. The summed E-state index contributed by atoms with van der Waals surface area (Å²) >= 11 is 0. The Labute approximate surface area is 234 Å². The molecule has 1 saturated heterocycles. The summed E-state index contributed by atoms with van der Waals surface area (Å²) in [5.41, 5.74) is 4.13. The number of likely N-dealkylation sites (tertiary alicyclic amines) is 1. The minimum Gasteiger partial charge on any atom is -0.454 e. The number of amides is 3. The number of hydrogen-bond acceptors (Lipinski definition) is 8. The van der Waals surface area contributed by atoms with Crippen molar-refractivity contribution in [3.63, 3.8) is 0 Å². The molecule has 222 valence electrons. The van der Waals surface area contributed by atoms with Crippen LogP contribution in [0.2, 0.25) is 0 Å². The SMILES string of the molecule is CC(C)(C)OC(=O)Nc1c(C(=O)NCC(=O)N[C@@H]2CCN(Cc3cc4c(cc3N)OCO4)C2)cccc1C(F)(F)F. The first kappa shape index (κ1) is 29.8. The van der Waals surface area contributed by atoms with Crippen molar-refractivity contribution in [1.82, 2.24) is 15.5 Å². The van der Waals surface area contributed by atoms with Gasteiger partial charge in [-0.05, 0) is 51.0 Å². The van der Waals surface area contributed by atoms with E-state index in [1.807, 2.05) is 11.4 Å². The number of nitrogen functional groups attached to an aromatic ring is 1. The summed E-state index contributed by atoms with van der Waals surface area (Å²) < 4.78 is 56.8. The summed E-state index contributed by atoms with van der Waals surface area (Å²) in [6.45, 7) is 6.06. The first-order valence-corrected chi connectivity index (χ1v) is 12.9. The number of rotatable bonds is 7. The first-order chi connectivity index (χ1) is 19.2. The average molecular weight is 580 g/mol. The molecule has 2 aromatic rings. The second kappa shape index (κ2) is 11.7. The Hall–Kier alpha value is -4.20. The highest BCUT2D eigenvalue weighted by atomic mass is 19.4. The highest BCUT2D eigenvalue weighted by Crippen LogP contribution is 2.38. The summed E-state index contributed by atoms with van der Waals surface area (Å²) in [4.78, 5) is 39.7. The molecule has 0 radical (unpaired) electrons. The lowest BCUT2D eigenvalue weighted by Gasteiger charge is -2.22. The fraction of sp³-hybridized carbons (Fsp3) is 0.444. The van der Waals surface area contributed by atoms with Gasteiger partial charge in [-0.1, -0.05) is 6.07 Å². The molecule has 2 aromatic carbocycles. The van der Waals surface area contributed by atoms with Gasteiger partial charge in [-0.15, -0.1) is 0 Å². The molecule has 1 fully saturated rings. The number of anilines is 2. The van der Waals surface area contributed by atoms with Gasteiger partial charge in [-0.3, -0.25) is 19.8 Å². The standard InChI is InChI=1S/C27H32F3N5O6/c1-26(2,3)41-25(38)34-23-17(5-4-6-18(23)27(28,29)30)24(37)32-11-22(36)33-16-7-8-35(13-16)12-15-9-20-21(10-19(15)31)40-14-39-20/h4-6,9-10,16H,7-8,11-14,31H2,1-3H3,(H,32,37)(H,33,36)(H,34,38)/t16-/m1/s1. The van der Waals surface area contributed by atoms with Crippen LogP contribution >= 0.6 is 0 Å². The number of alkyl halides is 3. The van der Waals surface area contributed by atoms with Crippen LogP contribution in [0.3, 0.4) is 0 Å². The smallest absolute Gasteiger partial charge is 0.418 e. The van der Waals surface area contributed by atoms with E-state index in [0.717, 1.165) is 23.8 Å². The summed E-state index contributed by atoms with van der Waals surface area (Å²) in [6, 6.07) is 6.24. The molecule has 3 amide bonds. The predicted octanol–water partition coefficient (Wildman–Crippen LogP) is 3.48. The molecular formula is C27H32F3N5O6. The molecule has 14 heteroatoms. The van der Waals surface area contributed by atoms with E-state index in [2.05, 4.69) is 15.5 Å². The zero-order chi connectivity index (χ0) is 29.9. The maximum Gasteiger partial charge on any atom is 0.418 e. The van der Waals surface area contributed by atoms with Crippen LogP contribution in [0.25, 0.3) is 0 Å². The maximum atomic E-state index is 13.7. The molecule has 4 rings (SSSR count). The highest BCUT2D eigenvalue weighted by molar-refractivity contribution is 6.04. The van der Waals surface area contributed by atoms with Crippen LogP contribution in [-0.2, 0) is 22.3 Å². The number of ether oxygens (including phenoxy) is 3. The van der Waals surface area contributed by atoms with Gasteiger partial charge in [0.1, 0.15) is 5.60 Å². The quantitative estimate of drug-likeness (QED) is 0.365. The zero-order valence-corrected chi connectivity index (χ0v) is 22.8. The molecule has 0 spiro atoms. The molecule has 1 atom stereocenters. The highest BCUT2D eigenvalue weighted by Gasteiger charge is 2.36. The van der Waals surface area contributed by atoms with E-state index in [4.69, 9.17) is 19.9 Å². The maximum absolute atomic E-state index is 13.7. The van der Waals surface area contributed by atoms with Crippen LogP contribution in [0.5, 0.6) is 11.5 Å². The lowest BCUT2D eigenvalue weighted by Crippen LogP contribution is -2.43. The molecule has 2 aliphatic heterocycles. The Bertz CT molecular complexity index is 1330. The van der Waals surface area contributed by atoms with Crippen LogP contribution in [0.1, 0.15) is 48.7 Å². The number of nitrogens with zero attached hydrogens (tertiary/aromatic N) is 1. The van der Waals surface area contributed by atoms with Gasteiger partial charge >= 0.3 is 12.3 Å². The van der Waals surface area contributed by atoms with Crippen molar-refractivity contribution in [3.05, 3.63) is 47.0 Å². The van der Waals surface area contributed by atoms with E-state index < -0.39 is 53.0 Å². The molecule has 2 heterocycles. The minimum absolute atomic E-state index is 0.141. The molecule has 0 aromatic heterocycles. The molecule has 5 N–H and O–H groups in total. The third-order valence-corrected chi connectivity index (χ3v) is 6.32. The van der Waals surface area contributed by atoms with Gasteiger partial charge in [0.2, 0.25) is 12.7 Å². The summed E-state index contributed by atoms with van der Waals surface area (Å²) in [5, 5.41) is 7.19. The van der Waals surface area contributed by atoms with Crippen molar-refractivity contribution < 1.29 is 41.8 Å². The summed E-state index contributed by atoms with van der Waals surface area (Å²) in [5.74, 6) is -0.262. The lowest BCUT2D eigenvalue weighted by molar-refractivity contribution is -0.137. The van der Waals surface area contributed by atoms with Gasteiger partial charge < -0.3 is 30.6 Å². The van der Waals surface area contributed by atoms with Gasteiger partial charge in [0, 0.05) is 37.4 Å². The van der Waals surface area contributed by atoms with Crippen molar-refractivity contribution in [2.45, 2.75) is 51.6 Å². The number of halogens is 3. The van der Waals surface area contributed by atoms with Crippen molar-refractivity contribution in [2.75, 3.05) is 37.5 Å². The number of hydrogen-bond donors (Lipinski definition) is 4. The second-order valence-corrected chi connectivity index (χ2v) is 10.7. The van der Waals surface area contributed by atoms with E-state index in [-0.39, 0.29) is 12.8 Å². The monoisotopic (exact) mass is 579 g/mol. The van der Waals surface area contributed by atoms with Crippen LogP contribution in [-0.4, -0.2) is 60.9 Å². The first-order valence-electron chi connectivity index (χ1n) is 12.9. The summed E-state index contributed by atoms with van der Waals surface area (Å²) in [7, 11) is 0. The van der Waals surface area contributed by atoms with E-state index in [1.165, 1.54) is 0 Å². The number of carbonyl (C=O) groups excluding carboxylic acids is 3. The fourth-order valence-corrected chi connectivity index (χ4v) is 4.52. The number of nitrogens with one attached hydrogen (secondary N) is 3. The van der Waals surface area contributed by atoms with E-state index >= 15 is 0 Å². The van der Waals surface area contributed by atoms with Crippen molar-refractivity contribution in [1.29, 1.82) is 0 Å². The van der Waals surface area contributed by atoms with E-state index in [1.54, 1.807) is 26.8 Å². The third-order valence-electron chi connectivity index (χ3n) is 6.32. The number of para-hydroxylation sites is 1. The number of benzene rings is 2. The van der Waals surface area contributed by atoms with Crippen LogP contribution in [0.15, 0.2) is 30.3 Å². The van der Waals surface area contributed by atoms with Gasteiger partial charge in [0.15, 0.2) is 11.5 Å². The topological polar surface area (TPSA) is 144 Å². The van der Waals surface area contributed by atoms with Crippen molar-refractivity contribution in [2.24, 2.45) is 0 Å². The molecule has 0 saturated carbocycles. The predicted molar refractivity (Wildman–Crippen MR) is 142 cm³/mol. The molecular weight excluding hydrogens is 547 g/mol. The Kier molecular flexibility index (Phi) is 8.52. The summed E-state index contributed by atoms with van der Waals surface area (Å²) in [6.07, 6.45) is -5.37. The van der Waals surface area contributed by atoms with Gasteiger partial charge in [0.05, 0.1) is 23.4 Å². The lowest BCUT2D eigenvalue weighted by atomic mass is 10.1. The van der Waals surface area contributed by atoms with E-state index in [9.17, 15) is 27.6 Å². The van der Waals surface area contributed by atoms with E-state index in [0.29, 0.717) is 43.2 Å². The second-order valence-electron chi connectivity index (χ2n) is 10.7. The normalized spacial score (nSPS) is 16.8. The van der Waals surface area contributed by atoms with Gasteiger partial charge in [-0.25, -0.2) is 4.79 Å². The molecule has 11 nitrogen and oxygen atoms in total. The molecule has 0 unspecified atom stereocenters. The Morgan fingerprint density at radius 3 is 2.51 bits per heavy atom. The van der Waals surface area contributed by atoms with Crippen LogP contribution in [0, 0.1) is 0 Å². The number of carbonyl (C=O) groups is 3. The van der Waals surface area contributed by atoms with Gasteiger partial charge in [-0.2, -0.15) is 13.2 Å². The Morgan fingerprint density at radius 1 is 1.12 bits per heavy atom. The molecule has 0 aliphatic carbocycles. The molecule has 2 aliphatic rings. The van der Waals surface area contributed by atoms with Gasteiger partial charge in [0.25, 0.3) is 5.91 Å². The van der Waals surface area contributed by atoms with Crippen molar-refractivity contribution in [3.8, 4) is 11.5 Å². The van der Waals surface area contributed by atoms with Crippen LogP contribution < -0.4 is 31.2 Å². The fourth-order valence-electron chi connectivity index (χ4n) is 4.52. The zero-order valence-electron chi connectivity index (χ0n) is 22.8. The number of fused-ring (bicyclic) bond motifs is 1.